The fourth-order valence-corrected chi connectivity index (χ4v) is 10.3. The first-order valence-electron chi connectivity index (χ1n) is 22.7. The van der Waals surface area contributed by atoms with Gasteiger partial charge < -0.3 is 4.98 Å². The zero-order valence-corrected chi connectivity index (χ0v) is 34.9. The van der Waals surface area contributed by atoms with Gasteiger partial charge in [0.2, 0.25) is 5.78 Å². The van der Waals surface area contributed by atoms with Crippen LogP contribution in [0.1, 0.15) is 38.5 Å². The summed E-state index contributed by atoms with van der Waals surface area (Å²) in [4.78, 5) is 8.78. The van der Waals surface area contributed by atoms with Crippen LogP contribution in [0, 0.1) is 0 Å². The van der Waals surface area contributed by atoms with E-state index in [0.29, 0.717) is 0 Å². The van der Waals surface area contributed by atoms with E-state index < -0.39 is 5.89 Å². The number of hydrogen-bond acceptors (Lipinski definition) is 1. The second-order valence-corrected chi connectivity index (χ2v) is 16.7. The predicted molar refractivity (Wildman–Crippen MR) is 264 cm³/mol. The van der Waals surface area contributed by atoms with Crippen LogP contribution in [0.25, 0.3) is 106 Å². The molecule has 1 N–H and O–H groups in total. The van der Waals surface area contributed by atoms with Gasteiger partial charge in [0.1, 0.15) is 0 Å². The molecular weight excluding hydrogens is 763 g/mol. The highest BCUT2D eigenvalue weighted by Crippen LogP contribution is 2.56. The van der Waals surface area contributed by atoms with Crippen LogP contribution in [0.2, 0.25) is 0 Å². The second-order valence-electron chi connectivity index (χ2n) is 16.7. The number of benzene rings is 9. The van der Waals surface area contributed by atoms with E-state index in [0.717, 1.165) is 98.0 Å². The highest BCUT2D eigenvalue weighted by molar-refractivity contribution is 6.15. The van der Waals surface area contributed by atoms with Crippen LogP contribution >= 0.6 is 0 Å². The molecule has 2 aromatic heterocycles. The SMILES string of the molecule is [2H]C1(c2ccc3c([nH]c4nc5ccccc5n43)c2-c2ccc(-c3c(-c4ccccc4)c(-c4ccccc4)c(-c4ccccc4)c(-c4ccccc4)c3-c3ccccc3)cc2)CCCC1. The molecule has 0 spiro atoms. The molecule has 300 valence electrons. The number of nitrogens with zero attached hydrogens (tertiary/aromatic N) is 2. The maximum absolute atomic E-state index is 9.90. The van der Waals surface area contributed by atoms with Crippen molar-refractivity contribution in [2.75, 3.05) is 0 Å². The summed E-state index contributed by atoms with van der Waals surface area (Å²) in [6.45, 7) is 0. The summed E-state index contributed by atoms with van der Waals surface area (Å²) in [5.41, 5.74) is 21.5. The lowest BCUT2D eigenvalue weighted by molar-refractivity contribution is 0.726. The van der Waals surface area contributed by atoms with E-state index in [2.05, 4.69) is 216 Å². The predicted octanol–water partition coefficient (Wildman–Crippen LogP) is 16.3. The molecule has 11 aromatic rings. The van der Waals surface area contributed by atoms with Crippen molar-refractivity contribution in [2.45, 2.75) is 31.6 Å². The van der Waals surface area contributed by atoms with Crippen LogP contribution in [0.15, 0.2) is 212 Å². The number of H-pyrrole nitrogens is 1. The normalized spacial score (nSPS) is 13.8. The number of rotatable bonds is 8. The molecule has 0 aliphatic heterocycles. The Kier molecular flexibility index (Phi) is 8.91. The van der Waals surface area contributed by atoms with Gasteiger partial charge in [0.25, 0.3) is 0 Å². The Hall–Kier alpha value is -7.75. The van der Waals surface area contributed by atoms with Crippen molar-refractivity contribution < 1.29 is 1.37 Å². The molecule has 1 fully saturated rings. The van der Waals surface area contributed by atoms with Crippen LogP contribution < -0.4 is 0 Å². The molecule has 1 aliphatic carbocycles. The summed E-state index contributed by atoms with van der Waals surface area (Å²) in [7, 11) is 0. The smallest absolute Gasteiger partial charge is 0.213 e. The lowest BCUT2D eigenvalue weighted by atomic mass is 9.74. The van der Waals surface area contributed by atoms with Crippen LogP contribution in [0.3, 0.4) is 0 Å². The number of aromatic nitrogens is 3. The second kappa shape index (κ2) is 15.6. The van der Waals surface area contributed by atoms with Crippen molar-refractivity contribution in [3.8, 4) is 77.9 Å². The molecule has 1 saturated carbocycles. The van der Waals surface area contributed by atoms with Crippen molar-refractivity contribution in [1.29, 1.82) is 0 Å². The Bertz CT molecular complexity index is 3350. The van der Waals surface area contributed by atoms with E-state index in [1.54, 1.807) is 0 Å². The molecule has 3 nitrogen and oxygen atoms in total. The Morgan fingerprint density at radius 1 is 0.381 bits per heavy atom. The summed E-state index contributed by atoms with van der Waals surface area (Å²) >= 11 is 0. The minimum absolute atomic E-state index is 0.666. The minimum Gasteiger partial charge on any atom is -0.323 e. The number of hydrogen-bond donors (Lipinski definition) is 1. The van der Waals surface area contributed by atoms with Crippen LogP contribution in [0.5, 0.6) is 0 Å². The molecule has 1 aliphatic rings. The molecular formula is C60H45N3. The average molecular weight is 809 g/mol. The highest BCUT2D eigenvalue weighted by atomic mass is 15.1. The quantitative estimate of drug-likeness (QED) is 0.163. The summed E-state index contributed by atoms with van der Waals surface area (Å²) in [6.07, 6.45) is 3.83. The van der Waals surface area contributed by atoms with Gasteiger partial charge in [0.05, 0.1) is 22.1 Å². The van der Waals surface area contributed by atoms with Crippen molar-refractivity contribution in [3.63, 3.8) is 0 Å². The Labute approximate surface area is 369 Å². The molecule has 12 rings (SSSR count). The average Bonchev–Trinajstić information content (AvgIpc) is 4.08. The zero-order valence-electron chi connectivity index (χ0n) is 35.9. The fourth-order valence-electron chi connectivity index (χ4n) is 10.3. The third-order valence-corrected chi connectivity index (χ3v) is 13.1. The third kappa shape index (κ3) is 6.31. The Morgan fingerprint density at radius 2 is 0.746 bits per heavy atom. The largest absolute Gasteiger partial charge is 0.323 e. The molecule has 0 bridgehead atoms. The van der Waals surface area contributed by atoms with E-state index in [1.165, 1.54) is 38.9 Å². The molecule has 0 radical (unpaired) electrons. The van der Waals surface area contributed by atoms with Crippen LogP contribution in [0.4, 0.5) is 0 Å². The molecule has 0 unspecified atom stereocenters. The maximum Gasteiger partial charge on any atom is 0.213 e. The van der Waals surface area contributed by atoms with Crippen LogP contribution in [-0.4, -0.2) is 14.4 Å². The number of imidazole rings is 2. The van der Waals surface area contributed by atoms with Gasteiger partial charge in [-0.2, -0.15) is 0 Å². The van der Waals surface area contributed by atoms with E-state index in [4.69, 9.17) is 4.98 Å². The highest BCUT2D eigenvalue weighted by Gasteiger charge is 2.30. The lowest BCUT2D eigenvalue weighted by Gasteiger charge is -2.29. The van der Waals surface area contributed by atoms with Gasteiger partial charge in [0.15, 0.2) is 0 Å². The number of fused-ring (bicyclic) bond motifs is 5. The first kappa shape index (κ1) is 36.0. The fraction of sp³-hybridized carbons (Fsp3) is 0.0833. The summed E-state index contributed by atoms with van der Waals surface area (Å²) < 4.78 is 12.1. The van der Waals surface area contributed by atoms with Gasteiger partial charge in [-0.05, 0) is 115 Å². The monoisotopic (exact) mass is 808 g/mol. The lowest BCUT2D eigenvalue weighted by Crippen LogP contribution is -2.02. The van der Waals surface area contributed by atoms with Gasteiger partial charge in [-0.15, -0.1) is 0 Å². The van der Waals surface area contributed by atoms with Gasteiger partial charge >= 0.3 is 0 Å². The molecule has 2 heterocycles. The molecule has 0 amide bonds. The number of aromatic amines is 1. The van der Waals surface area contributed by atoms with Crippen molar-refractivity contribution in [1.82, 2.24) is 14.4 Å². The van der Waals surface area contributed by atoms with E-state index in [1.807, 2.05) is 6.07 Å². The Morgan fingerprint density at radius 3 is 1.17 bits per heavy atom. The zero-order chi connectivity index (χ0) is 42.6. The minimum atomic E-state index is -0.666. The molecule has 63 heavy (non-hydrogen) atoms. The summed E-state index contributed by atoms with van der Waals surface area (Å²) in [6, 6.07) is 76.7. The number of nitrogens with one attached hydrogen (secondary N) is 1. The Balaban J connectivity index is 1.20. The first-order chi connectivity index (χ1) is 31.6. The maximum atomic E-state index is 9.90. The third-order valence-electron chi connectivity index (χ3n) is 13.1. The first-order valence-corrected chi connectivity index (χ1v) is 22.2. The van der Waals surface area contributed by atoms with E-state index >= 15 is 0 Å². The standard InChI is InChI=1S/C60H45N3/c1-6-22-41(23-7-1)53-54(42-24-8-2-9-25-42)56(44-28-12-4-13-29-44)58(57(45-30-14-5-15-31-45)55(53)43-26-10-3-11-27-43)47-36-34-46(35-37-47)52-48(40-20-16-17-21-40)38-39-51-59(52)62-60-61-49-32-18-19-33-50(49)63(51)60/h1-15,18-19,22-40H,16-17,20-21H2,(H,61,62)/i40D. The topological polar surface area (TPSA) is 33.1 Å². The van der Waals surface area contributed by atoms with E-state index in [-0.39, 0.29) is 0 Å². The van der Waals surface area contributed by atoms with Gasteiger partial charge in [-0.1, -0.05) is 207 Å². The molecule has 9 aromatic carbocycles. The van der Waals surface area contributed by atoms with Gasteiger partial charge in [-0.25, -0.2) is 4.98 Å². The van der Waals surface area contributed by atoms with Crippen molar-refractivity contribution in [3.05, 3.63) is 218 Å². The van der Waals surface area contributed by atoms with Crippen LogP contribution in [-0.2, 0) is 0 Å². The molecule has 3 heteroatoms. The summed E-state index contributed by atoms with van der Waals surface area (Å²) in [5, 5.41) is 0. The van der Waals surface area contributed by atoms with E-state index in [9.17, 15) is 1.37 Å². The van der Waals surface area contributed by atoms with Crippen molar-refractivity contribution >= 4 is 27.8 Å². The van der Waals surface area contributed by atoms with Gasteiger partial charge in [0, 0.05) is 6.93 Å². The number of para-hydroxylation sites is 2. The summed E-state index contributed by atoms with van der Waals surface area (Å²) in [5.74, 6) is 0.151. The molecule has 0 atom stereocenters. The van der Waals surface area contributed by atoms with Gasteiger partial charge in [-0.3, -0.25) is 4.40 Å². The van der Waals surface area contributed by atoms with Crippen molar-refractivity contribution in [2.24, 2.45) is 0 Å². The molecule has 0 saturated heterocycles.